The number of nitrogen functional groups attached to an aromatic ring is 1. The van der Waals surface area contributed by atoms with Gasteiger partial charge in [-0.2, -0.15) is 5.10 Å². The van der Waals surface area contributed by atoms with Crippen LogP contribution in [0.15, 0.2) is 30.5 Å². The van der Waals surface area contributed by atoms with Crippen LogP contribution in [0.3, 0.4) is 0 Å². The molecule has 0 unspecified atom stereocenters. The van der Waals surface area contributed by atoms with Crippen LogP contribution in [0.5, 0.6) is 5.75 Å². The molecule has 100 valence electrons. The SMILES string of the molecule is NNC(=O)c1ccn(COc2cc(Cl)cc(Cl)c2)n1. The molecule has 0 spiro atoms. The Kier molecular flexibility index (Phi) is 4.26. The van der Waals surface area contributed by atoms with Crippen LogP contribution < -0.4 is 16.0 Å². The van der Waals surface area contributed by atoms with Crippen molar-refractivity contribution in [1.29, 1.82) is 0 Å². The fourth-order valence-corrected chi connectivity index (χ4v) is 1.89. The van der Waals surface area contributed by atoms with E-state index in [0.717, 1.165) is 0 Å². The van der Waals surface area contributed by atoms with Crippen molar-refractivity contribution in [3.63, 3.8) is 0 Å². The molecule has 1 aromatic carbocycles. The molecule has 1 heterocycles. The van der Waals surface area contributed by atoms with E-state index in [1.165, 1.54) is 10.7 Å². The van der Waals surface area contributed by atoms with Crippen LogP contribution in [0.2, 0.25) is 10.0 Å². The molecule has 8 heteroatoms. The molecule has 6 nitrogen and oxygen atoms in total. The van der Waals surface area contributed by atoms with E-state index in [1.54, 1.807) is 24.4 Å². The van der Waals surface area contributed by atoms with Crippen LogP contribution in [-0.2, 0) is 6.73 Å². The Balaban J connectivity index is 2.02. The van der Waals surface area contributed by atoms with E-state index in [4.69, 9.17) is 33.8 Å². The van der Waals surface area contributed by atoms with Gasteiger partial charge >= 0.3 is 0 Å². The zero-order valence-electron chi connectivity index (χ0n) is 9.64. The summed E-state index contributed by atoms with van der Waals surface area (Å²) in [5.74, 6) is 5.05. The molecule has 19 heavy (non-hydrogen) atoms. The Morgan fingerprint density at radius 1 is 1.37 bits per heavy atom. The first-order valence-electron chi connectivity index (χ1n) is 5.22. The van der Waals surface area contributed by atoms with E-state index in [-0.39, 0.29) is 12.4 Å². The summed E-state index contributed by atoms with van der Waals surface area (Å²) >= 11 is 11.7. The minimum absolute atomic E-state index is 0.120. The number of hydrogen-bond donors (Lipinski definition) is 2. The highest BCUT2D eigenvalue weighted by Gasteiger charge is 2.07. The number of nitrogens with zero attached hydrogens (tertiary/aromatic N) is 2. The quantitative estimate of drug-likeness (QED) is 0.513. The molecule has 3 N–H and O–H groups in total. The van der Waals surface area contributed by atoms with Crippen LogP contribution in [-0.4, -0.2) is 15.7 Å². The van der Waals surface area contributed by atoms with E-state index in [1.807, 2.05) is 5.43 Å². The Labute approximate surface area is 119 Å². The zero-order valence-corrected chi connectivity index (χ0v) is 11.1. The Hall–Kier alpha value is -1.76. The first-order chi connectivity index (χ1) is 9.08. The van der Waals surface area contributed by atoms with Gasteiger partial charge in [0.1, 0.15) is 5.75 Å². The number of aromatic nitrogens is 2. The van der Waals surface area contributed by atoms with Crippen molar-refractivity contribution in [3.05, 3.63) is 46.2 Å². The molecule has 0 aliphatic rings. The van der Waals surface area contributed by atoms with E-state index in [9.17, 15) is 4.79 Å². The molecule has 0 saturated heterocycles. The molecule has 1 aromatic heterocycles. The van der Waals surface area contributed by atoms with Crippen LogP contribution >= 0.6 is 23.2 Å². The number of halogens is 2. The number of rotatable bonds is 4. The molecule has 1 amide bonds. The van der Waals surface area contributed by atoms with Gasteiger partial charge in [-0.25, -0.2) is 10.5 Å². The largest absolute Gasteiger partial charge is 0.471 e. The van der Waals surface area contributed by atoms with E-state index >= 15 is 0 Å². The topological polar surface area (TPSA) is 82.2 Å². The standard InChI is InChI=1S/C11H10Cl2N4O2/c12-7-3-8(13)5-9(4-7)19-6-17-2-1-10(16-17)11(18)15-14/h1-5H,6,14H2,(H,15,18). The highest BCUT2D eigenvalue weighted by atomic mass is 35.5. The molecule has 0 radical (unpaired) electrons. The summed E-state index contributed by atoms with van der Waals surface area (Å²) < 4.78 is 6.89. The lowest BCUT2D eigenvalue weighted by molar-refractivity contribution is 0.0946. The van der Waals surface area contributed by atoms with Gasteiger partial charge in [0.05, 0.1) is 0 Å². The highest BCUT2D eigenvalue weighted by Crippen LogP contribution is 2.24. The number of nitrogens with two attached hydrogens (primary N) is 1. The molecule has 0 fully saturated rings. The van der Waals surface area contributed by atoms with Gasteiger partial charge < -0.3 is 4.74 Å². The van der Waals surface area contributed by atoms with E-state index < -0.39 is 5.91 Å². The maximum Gasteiger partial charge on any atom is 0.285 e. The van der Waals surface area contributed by atoms with Crippen molar-refractivity contribution in [3.8, 4) is 5.75 Å². The molecular weight excluding hydrogens is 291 g/mol. The van der Waals surface area contributed by atoms with E-state index in [2.05, 4.69) is 5.10 Å². The smallest absolute Gasteiger partial charge is 0.285 e. The van der Waals surface area contributed by atoms with Crippen LogP contribution in [0.1, 0.15) is 10.5 Å². The number of carbonyl (C=O) groups excluding carboxylic acids is 1. The second-order valence-electron chi connectivity index (χ2n) is 3.59. The molecule has 2 rings (SSSR count). The summed E-state index contributed by atoms with van der Waals surface area (Å²) in [5.41, 5.74) is 2.20. The van der Waals surface area contributed by atoms with Crippen LogP contribution in [0.4, 0.5) is 0 Å². The monoisotopic (exact) mass is 300 g/mol. The van der Waals surface area contributed by atoms with Crippen molar-refractivity contribution in [2.24, 2.45) is 5.84 Å². The molecule has 0 saturated carbocycles. The summed E-state index contributed by atoms with van der Waals surface area (Å²) in [5, 5.41) is 4.93. The molecule has 0 aliphatic heterocycles. The third kappa shape index (κ3) is 3.60. The van der Waals surface area contributed by atoms with Gasteiger partial charge in [-0.1, -0.05) is 23.2 Å². The van der Waals surface area contributed by atoms with Gasteiger partial charge in [-0.05, 0) is 24.3 Å². The Morgan fingerprint density at radius 2 is 2.05 bits per heavy atom. The van der Waals surface area contributed by atoms with Crippen molar-refractivity contribution in [2.45, 2.75) is 6.73 Å². The number of ether oxygens (including phenoxy) is 1. The number of amides is 1. The second-order valence-corrected chi connectivity index (χ2v) is 4.47. The number of hydrogen-bond acceptors (Lipinski definition) is 4. The molecular formula is C11H10Cl2N4O2. The fourth-order valence-electron chi connectivity index (χ4n) is 1.38. The van der Waals surface area contributed by atoms with Crippen LogP contribution in [0.25, 0.3) is 0 Å². The van der Waals surface area contributed by atoms with Crippen molar-refractivity contribution < 1.29 is 9.53 Å². The van der Waals surface area contributed by atoms with Gasteiger partial charge in [-0.15, -0.1) is 0 Å². The third-order valence-electron chi connectivity index (χ3n) is 2.20. The van der Waals surface area contributed by atoms with Gasteiger partial charge in [0.15, 0.2) is 12.4 Å². The molecule has 0 aliphatic carbocycles. The van der Waals surface area contributed by atoms with Gasteiger partial charge in [-0.3, -0.25) is 10.2 Å². The Morgan fingerprint density at radius 3 is 2.68 bits per heavy atom. The number of nitrogens with one attached hydrogen (secondary N) is 1. The maximum absolute atomic E-state index is 11.2. The van der Waals surface area contributed by atoms with Crippen LogP contribution in [0, 0.1) is 0 Å². The summed E-state index contributed by atoms with van der Waals surface area (Å²) in [7, 11) is 0. The van der Waals surface area contributed by atoms with Gasteiger partial charge in [0.25, 0.3) is 5.91 Å². The number of hydrazine groups is 1. The summed E-state index contributed by atoms with van der Waals surface area (Å²) in [6.45, 7) is 0.120. The minimum Gasteiger partial charge on any atom is -0.471 e. The third-order valence-corrected chi connectivity index (χ3v) is 2.64. The lowest BCUT2D eigenvalue weighted by Crippen LogP contribution is -2.30. The average Bonchev–Trinajstić information content (AvgIpc) is 2.83. The maximum atomic E-state index is 11.2. The number of benzene rings is 1. The summed E-state index contributed by atoms with van der Waals surface area (Å²) in [6.07, 6.45) is 1.59. The molecule has 0 atom stereocenters. The van der Waals surface area contributed by atoms with Crippen molar-refractivity contribution in [1.82, 2.24) is 15.2 Å². The fraction of sp³-hybridized carbons (Fsp3) is 0.0909. The first-order valence-corrected chi connectivity index (χ1v) is 5.97. The zero-order chi connectivity index (χ0) is 13.8. The highest BCUT2D eigenvalue weighted by molar-refractivity contribution is 6.34. The lowest BCUT2D eigenvalue weighted by atomic mass is 10.3. The van der Waals surface area contributed by atoms with Gasteiger partial charge in [0, 0.05) is 16.2 Å². The summed E-state index contributed by atoms with van der Waals surface area (Å²) in [6, 6.07) is 6.39. The van der Waals surface area contributed by atoms with Crippen molar-refractivity contribution in [2.75, 3.05) is 0 Å². The van der Waals surface area contributed by atoms with Crippen molar-refractivity contribution >= 4 is 29.1 Å². The Bertz CT molecular complexity index is 580. The number of carbonyl (C=O) groups is 1. The van der Waals surface area contributed by atoms with Gasteiger partial charge in [0.2, 0.25) is 0 Å². The molecule has 0 bridgehead atoms. The average molecular weight is 301 g/mol. The predicted molar refractivity (Wildman–Crippen MR) is 71.0 cm³/mol. The summed E-state index contributed by atoms with van der Waals surface area (Å²) in [4.78, 5) is 11.2. The minimum atomic E-state index is -0.468. The lowest BCUT2D eigenvalue weighted by Gasteiger charge is -2.07. The first kappa shape index (κ1) is 13.7. The normalized spacial score (nSPS) is 10.3. The van der Waals surface area contributed by atoms with E-state index in [0.29, 0.717) is 15.8 Å². The predicted octanol–water partition coefficient (Wildman–Crippen LogP) is 1.83. The molecule has 2 aromatic rings. The second kappa shape index (κ2) is 5.92.